The summed E-state index contributed by atoms with van der Waals surface area (Å²) >= 11 is 5.61. The third kappa shape index (κ3) is 3.97. The normalized spacial score (nSPS) is 15.8. The van der Waals surface area contributed by atoms with Crippen molar-refractivity contribution in [2.75, 3.05) is 13.1 Å². The summed E-state index contributed by atoms with van der Waals surface area (Å²) in [5, 5.41) is 0. The van der Waals surface area contributed by atoms with Crippen molar-refractivity contribution in [1.82, 2.24) is 9.88 Å². The number of pyridine rings is 1. The van der Waals surface area contributed by atoms with Gasteiger partial charge in [-0.15, -0.1) is 0 Å². The molecule has 1 fully saturated rings. The van der Waals surface area contributed by atoms with E-state index in [1.807, 2.05) is 20.8 Å². The summed E-state index contributed by atoms with van der Waals surface area (Å²) in [6.07, 6.45) is 3.11. The van der Waals surface area contributed by atoms with Gasteiger partial charge in [0.2, 0.25) is 0 Å². The van der Waals surface area contributed by atoms with E-state index in [1.54, 1.807) is 17.3 Å². The van der Waals surface area contributed by atoms with Crippen molar-refractivity contribution in [2.45, 2.75) is 32.5 Å². The molecule has 20 heavy (non-hydrogen) atoms. The standard InChI is InChI=1S/C13H16BrIN2O3/c1-13(2,3)20-12(18)17-6-8(7-17)19-10-5-16-4-9(14)11(10)15/h4-5,8H,6-7H2,1-3H3. The van der Waals surface area contributed by atoms with Crippen molar-refractivity contribution in [3.8, 4) is 5.75 Å². The molecule has 110 valence electrons. The molecule has 0 bridgehead atoms. The first-order chi connectivity index (χ1) is 9.26. The van der Waals surface area contributed by atoms with Gasteiger partial charge in [0.25, 0.3) is 0 Å². The average Bonchev–Trinajstić information content (AvgIpc) is 2.25. The second kappa shape index (κ2) is 6.05. The summed E-state index contributed by atoms with van der Waals surface area (Å²) in [5.41, 5.74) is -0.466. The van der Waals surface area contributed by atoms with Crippen LogP contribution in [0.25, 0.3) is 0 Å². The van der Waals surface area contributed by atoms with Crippen molar-refractivity contribution in [3.05, 3.63) is 20.4 Å². The summed E-state index contributed by atoms with van der Waals surface area (Å²) in [5.74, 6) is 0.730. The summed E-state index contributed by atoms with van der Waals surface area (Å²) in [4.78, 5) is 17.5. The maximum Gasteiger partial charge on any atom is 0.410 e. The van der Waals surface area contributed by atoms with E-state index in [4.69, 9.17) is 9.47 Å². The first-order valence-corrected chi connectivity index (χ1v) is 8.07. The number of carbonyl (C=O) groups excluding carboxylic acids is 1. The minimum atomic E-state index is -0.466. The number of aromatic nitrogens is 1. The lowest BCUT2D eigenvalue weighted by Gasteiger charge is -2.39. The van der Waals surface area contributed by atoms with Gasteiger partial charge >= 0.3 is 6.09 Å². The number of rotatable bonds is 2. The summed E-state index contributed by atoms with van der Waals surface area (Å²) < 4.78 is 13.0. The molecule has 0 atom stereocenters. The zero-order valence-electron chi connectivity index (χ0n) is 11.5. The van der Waals surface area contributed by atoms with Crippen LogP contribution in [0.1, 0.15) is 20.8 Å². The van der Waals surface area contributed by atoms with Crippen LogP contribution >= 0.6 is 38.5 Å². The third-order valence-corrected chi connectivity index (χ3v) is 5.05. The van der Waals surface area contributed by atoms with Gasteiger partial charge in [0.15, 0.2) is 5.75 Å². The molecule has 1 amide bonds. The van der Waals surface area contributed by atoms with E-state index in [1.165, 1.54) is 0 Å². The lowest BCUT2D eigenvalue weighted by Crippen LogP contribution is -2.57. The molecule has 5 nitrogen and oxygen atoms in total. The van der Waals surface area contributed by atoms with Gasteiger partial charge in [0, 0.05) is 6.20 Å². The van der Waals surface area contributed by atoms with E-state index in [0.717, 1.165) is 13.8 Å². The lowest BCUT2D eigenvalue weighted by molar-refractivity contribution is -0.0224. The van der Waals surface area contributed by atoms with Gasteiger partial charge in [-0.1, -0.05) is 0 Å². The molecule has 0 aromatic carbocycles. The average molecular weight is 455 g/mol. The van der Waals surface area contributed by atoms with Crippen molar-refractivity contribution in [1.29, 1.82) is 0 Å². The van der Waals surface area contributed by atoms with E-state index < -0.39 is 5.60 Å². The fourth-order valence-corrected chi connectivity index (χ4v) is 2.37. The van der Waals surface area contributed by atoms with Crippen molar-refractivity contribution >= 4 is 44.6 Å². The highest BCUT2D eigenvalue weighted by Gasteiger charge is 2.35. The molecule has 0 N–H and O–H groups in total. The molecule has 1 aromatic heterocycles. The van der Waals surface area contributed by atoms with Crippen LogP contribution in [-0.4, -0.2) is 40.8 Å². The second-order valence-corrected chi connectivity index (χ2v) is 7.49. The van der Waals surface area contributed by atoms with E-state index in [-0.39, 0.29) is 12.2 Å². The Hall–Kier alpha value is -0.570. The summed E-state index contributed by atoms with van der Waals surface area (Å²) in [6.45, 7) is 6.64. The predicted octanol–water partition coefficient (Wildman–Crippen LogP) is 3.45. The number of hydrogen-bond donors (Lipinski definition) is 0. The van der Waals surface area contributed by atoms with Gasteiger partial charge in [-0.2, -0.15) is 0 Å². The first-order valence-electron chi connectivity index (χ1n) is 6.20. The van der Waals surface area contributed by atoms with Crippen LogP contribution in [0.4, 0.5) is 4.79 Å². The molecule has 0 radical (unpaired) electrons. The Morgan fingerprint density at radius 1 is 1.45 bits per heavy atom. The molecule has 1 aliphatic rings. The van der Waals surface area contributed by atoms with Crippen LogP contribution in [0, 0.1) is 3.57 Å². The number of nitrogens with zero attached hydrogens (tertiary/aromatic N) is 2. The highest BCUT2D eigenvalue weighted by Crippen LogP contribution is 2.29. The zero-order valence-corrected chi connectivity index (χ0v) is 15.3. The van der Waals surface area contributed by atoms with Crippen LogP contribution < -0.4 is 4.74 Å². The SMILES string of the molecule is CC(C)(C)OC(=O)N1CC(Oc2cncc(Br)c2I)C1. The molecule has 7 heteroatoms. The van der Waals surface area contributed by atoms with Gasteiger partial charge in [-0.25, -0.2) is 4.79 Å². The minimum absolute atomic E-state index is 0.00728. The molecule has 0 spiro atoms. The summed E-state index contributed by atoms with van der Waals surface area (Å²) in [6, 6.07) is 0. The maximum absolute atomic E-state index is 11.8. The molecule has 0 saturated carbocycles. The van der Waals surface area contributed by atoms with Crippen LogP contribution in [-0.2, 0) is 4.74 Å². The molecular weight excluding hydrogens is 439 g/mol. The van der Waals surface area contributed by atoms with Gasteiger partial charge < -0.3 is 14.4 Å². The molecule has 2 rings (SSSR count). The molecule has 0 unspecified atom stereocenters. The monoisotopic (exact) mass is 454 g/mol. The van der Waals surface area contributed by atoms with Gasteiger partial charge in [-0.3, -0.25) is 4.98 Å². The molecule has 1 aromatic rings. The molecule has 0 aliphatic carbocycles. The van der Waals surface area contributed by atoms with Crippen molar-refractivity contribution in [3.63, 3.8) is 0 Å². The zero-order chi connectivity index (χ0) is 14.9. The van der Waals surface area contributed by atoms with E-state index in [2.05, 4.69) is 43.5 Å². The number of ether oxygens (including phenoxy) is 2. The number of hydrogen-bond acceptors (Lipinski definition) is 4. The third-order valence-electron chi connectivity index (χ3n) is 2.60. The highest BCUT2D eigenvalue weighted by molar-refractivity contribution is 14.1. The quantitative estimate of drug-likeness (QED) is 0.642. The lowest BCUT2D eigenvalue weighted by atomic mass is 10.1. The summed E-state index contributed by atoms with van der Waals surface area (Å²) in [7, 11) is 0. The minimum Gasteiger partial charge on any atom is -0.484 e. The molecule has 1 aliphatic heterocycles. The topological polar surface area (TPSA) is 51.7 Å². The highest BCUT2D eigenvalue weighted by atomic mass is 127. The smallest absolute Gasteiger partial charge is 0.410 e. The number of likely N-dealkylation sites (tertiary alicyclic amines) is 1. The van der Waals surface area contributed by atoms with Crippen LogP contribution in [0.5, 0.6) is 5.75 Å². The van der Waals surface area contributed by atoms with Crippen LogP contribution in [0.3, 0.4) is 0 Å². The maximum atomic E-state index is 11.8. The molecule has 1 saturated heterocycles. The Kier molecular flexibility index (Phi) is 4.78. The Labute approximate surface area is 140 Å². The van der Waals surface area contributed by atoms with E-state index >= 15 is 0 Å². The van der Waals surface area contributed by atoms with Gasteiger partial charge in [0.1, 0.15) is 11.7 Å². The molecule has 2 heterocycles. The van der Waals surface area contributed by atoms with Crippen molar-refractivity contribution in [2.24, 2.45) is 0 Å². The fourth-order valence-electron chi connectivity index (χ4n) is 1.65. The Morgan fingerprint density at radius 3 is 2.70 bits per heavy atom. The Morgan fingerprint density at radius 2 is 2.10 bits per heavy atom. The fraction of sp³-hybridized carbons (Fsp3) is 0.538. The Balaban J connectivity index is 1.85. The predicted molar refractivity (Wildman–Crippen MR) is 86.9 cm³/mol. The first kappa shape index (κ1) is 15.8. The van der Waals surface area contributed by atoms with Crippen LogP contribution in [0.15, 0.2) is 16.9 Å². The largest absolute Gasteiger partial charge is 0.484 e. The van der Waals surface area contributed by atoms with Crippen molar-refractivity contribution < 1.29 is 14.3 Å². The number of halogens is 2. The second-order valence-electron chi connectivity index (χ2n) is 5.56. The van der Waals surface area contributed by atoms with E-state index in [9.17, 15) is 4.79 Å². The van der Waals surface area contributed by atoms with Gasteiger partial charge in [0.05, 0.1) is 27.3 Å². The number of carbonyl (C=O) groups is 1. The molecular formula is C13H16BrIN2O3. The van der Waals surface area contributed by atoms with Gasteiger partial charge in [-0.05, 0) is 59.3 Å². The van der Waals surface area contributed by atoms with E-state index in [0.29, 0.717) is 13.1 Å². The Bertz CT molecular complexity index is 513. The van der Waals surface area contributed by atoms with Crippen LogP contribution in [0.2, 0.25) is 0 Å². The number of amides is 1.